The maximum absolute atomic E-state index is 9.86. The van der Waals surface area contributed by atoms with Crippen LogP contribution >= 0.6 is 0 Å². The van der Waals surface area contributed by atoms with Crippen LogP contribution in [0.5, 0.6) is 0 Å². The van der Waals surface area contributed by atoms with Gasteiger partial charge >= 0.3 is 0 Å². The molecule has 0 saturated heterocycles. The molecule has 1 unspecified atom stereocenters. The number of aromatic nitrogens is 1. The summed E-state index contributed by atoms with van der Waals surface area (Å²) in [5.41, 5.74) is -0.185. The van der Waals surface area contributed by atoms with Crippen molar-refractivity contribution in [3.8, 4) is 0 Å². The highest BCUT2D eigenvalue weighted by Gasteiger charge is 2.22. The average Bonchev–Trinajstić information content (AvgIpc) is 2.06. The van der Waals surface area contributed by atoms with Crippen molar-refractivity contribution in [1.82, 2.24) is 10.3 Å². The van der Waals surface area contributed by atoms with Crippen molar-refractivity contribution in [3.63, 3.8) is 0 Å². The van der Waals surface area contributed by atoms with E-state index in [4.69, 9.17) is 0 Å². The average molecular weight is 166 g/mol. The Morgan fingerprint density at radius 2 is 2.33 bits per heavy atom. The van der Waals surface area contributed by atoms with Crippen LogP contribution in [0.4, 0.5) is 0 Å². The van der Waals surface area contributed by atoms with E-state index in [2.05, 4.69) is 10.3 Å². The third-order valence-electron chi connectivity index (χ3n) is 1.74. The maximum Gasteiger partial charge on any atom is 0.116 e. The number of nitrogens with zero attached hydrogens (tertiary/aromatic N) is 1. The standard InChI is InChI=1S/C9H14N2O/c1-9(12,7-10-2)8-5-3-4-6-11-8/h3-6,10,12H,7H2,1-2H3. The Kier molecular flexibility index (Phi) is 2.78. The first-order valence-electron chi connectivity index (χ1n) is 3.95. The van der Waals surface area contributed by atoms with Crippen LogP contribution < -0.4 is 5.32 Å². The molecule has 0 aliphatic heterocycles. The number of hydrogen-bond acceptors (Lipinski definition) is 3. The van der Waals surface area contributed by atoms with Gasteiger partial charge in [0.05, 0.1) is 5.69 Å². The minimum atomic E-state index is -0.879. The van der Waals surface area contributed by atoms with Gasteiger partial charge in [0.15, 0.2) is 0 Å². The lowest BCUT2D eigenvalue weighted by atomic mass is 10.0. The first kappa shape index (κ1) is 9.16. The quantitative estimate of drug-likeness (QED) is 0.687. The zero-order chi connectivity index (χ0) is 9.03. The van der Waals surface area contributed by atoms with E-state index in [0.29, 0.717) is 12.2 Å². The van der Waals surface area contributed by atoms with Crippen LogP contribution in [0, 0.1) is 0 Å². The molecule has 0 saturated carbocycles. The van der Waals surface area contributed by atoms with E-state index in [-0.39, 0.29) is 0 Å². The van der Waals surface area contributed by atoms with Crippen molar-refractivity contribution in [2.24, 2.45) is 0 Å². The van der Waals surface area contributed by atoms with Crippen LogP contribution in [-0.4, -0.2) is 23.7 Å². The molecule has 0 aliphatic carbocycles. The number of nitrogens with one attached hydrogen (secondary N) is 1. The summed E-state index contributed by atoms with van der Waals surface area (Å²) in [6.45, 7) is 2.25. The Balaban J connectivity index is 2.82. The predicted octanol–water partition coefficient (Wildman–Crippen LogP) is 0.509. The number of aliphatic hydroxyl groups is 1. The molecule has 1 aromatic heterocycles. The van der Waals surface area contributed by atoms with Gasteiger partial charge in [-0.15, -0.1) is 0 Å². The SMILES string of the molecule is CNCC(C)(O)c1ccccn1. The number of pyridine rings is 1. The fourth-order valence-electron chi connectivity index (χ4n) is 1.12. The second kappa shape index (κ2) is 3.65. The predicted molar refractivity (Wildman–Crippen MR) is 47.7 cm³/mol. The molecule has 0 spiro atoms. The minimum Gasteiger partial charge on any atom is -0.383 e. The summed E-state index contributed by atoms with van der Waals surface area (Å²) in [5, 5.41) is 12.8. The molecule has 2 N–H and O–H groups in total. The molecule has 1 aromatic rings. The Bertz CT molecular complexity index is 234. The summed E-state index contributed by atoms with van der Waals surface area (Å²) in [6, 6.07) is 5.52. The summed E-state index contributed by atoms with van der Waals surface area (Å²) in [6.07, 6.45) is 1.68. The molecular formula is C9H14N2O. The molecule has 3 heteroatoms. The molecule has 0 aliphatic rings. The molecule has 1 atom stereocenters. The Hall–Kier alpha value is -0.930. The van der Waals surface area contributed by atoms with Gasteiger partial charge in [-0.2, -0.15) is 0 Å². The molecule has 3 nitrogen and oxygen atoms in total. The van der Waals surface area contributed by atoms with E-state index >= 15 is 0 Å². The molecule has 1 heterocycles. The van der Waals surface area contributed by atoms with Crippen molar-refractivity contribution in [1.29, 1.82) is 0 Å². The summed E-state index contributed by atoms with van der Waals surface area (Å²) in [7, 11) is 1.80. The molecule has 0 aromatic carbocycles. The van der Waals surface area contributed by atoms with Gasteiger partial charge in [0, 0.05) is 12.7 Å². The van der Waals surface area contributed by atoms with Gasteiger partial charge in [-0.05, 0) is 26.1 Å². The zero-order valence-corrected chi connectivity index (χ0v) is 7.41. The smallest absolute Gasteiger partial charge is 0.116 e. The van der Waals surface area contributed by atoms with Gasteiger partial charge < -0.3 is 10.4 Å². The molecular weight excluding hydrogens is 152 g/mol. The van der Waals surface area contributed by atoms with Crippen molar-refractivity contribution >= 4 is 0 Å². The first-order chi connectivity index (χ1) is 5.67. The van der Waals surface area contributed by atoms with E-state index in [0.717, 1.165) is 0 Å². The highest BCUT2D eigenvalue weighted by molar-refractivity contribution is 5.12. The maximum atomic E-state index is 9.86. The van der Waals surface area contributed by atoms with Gasteiger partial charge in [0.2, 0.25) is 0 Å². The zero-order valence-electron chi connectivity index (χ0n) is 7.41. The molecule has 0 amide bonds. The molecule has 0 radical (unpaired) electrons. The van der Waals surface area contributed by atoms with Crippen LogP contribution in [0.3, 0.4) is 0 Å². The fourth-order valence-corrected chi connectivity index (χ4v) is 1.12. The van der Waals surface area contributed by atoms with Gasteiger partial charge in [0.1, 0.15) is 5.60 Å². The van der Waals surface area contributed by atoms with E-state index in [1.807, 2.05) is 18.2 Å². The van der Waals surface area contributed by atoms with Crippen LogP contribution in [-0.2, 0) is 5.60 Å². The summed E-state index contributed by atoms with van der Waals surface area (Å²) < 4.78 is 0. The minimum absolute atomic E-state index is 0.504. The lowest BCUT2D eigenvalue weighted by Gasteiger charge is -2.21. The lowest BCUT2D eigenvalue weighted by Crippen LogP contribution is -2.34. The van der Waals surface area contributed by atoms with Crippen molar-refractivity contribution in [2.75, 3.05) is 13.6 Å². The van der Waals surface area contributed by atoms with Gasteiger partial charge in [0.25, 0.3) is 0 Å². The Labute approximate surface area is 72.5 Å². The highest BCUT2D eigenvalue weighted by atomic mass is 16.3. The van der Waals surface area contributed by atoms with Crippen LogP contribution in [0.15, 0.2) is 24.4 Å². The third-order valence-corrected chi connectivity index (χ3v) is 1.74. The summed E-state index contributed by atoms with van der Waals surface area (Å²) >= 11 is 0. The van der Waals surface area contributed by atoms with E-state index in [9.17, 15) is 5.11 Å². The monoisotopic (exact) mass is 166 g/mol. The Morgan fingerprint density at radius 3 is 2.83 bits per heavy atom. The first-order valence-corrected chi connectivity index (χ1v) is 3.95. The lowest BCUT2D eigenvalue weighted by molar-refractivity contribution is 0.0546. The Morgan fingerprint density at radius 1 is 1.58 bits per heavy atom. The highest BCUT2D eigenvalue weighted by Crippen LogP contribution is 2.15. The van der Waals surface area contributed by atoms with Crippen molar-refractivity contribution in [2.45, 2.75) is 12.5 Å². The van der Waals surface area contributed by atoms with E-state index in [1.165, 1.54) is 0 Å². The molecule has 12 heavy (non-hydrogen) atoms. The van der Waals surface area contributed by atoms with Gasteiger partial charge in [-0.3, -0.25) is 4.98 Å². The van der Waals surface area contributed by atoms with Crippen molar-refractivity contribution in [3.05, 3.63) is 30.1 Å². The topological polar surface area (TPSA) is 45.1 Å². The summed E-state index contributed by atoms with van der Waals surface area (Å²) in [5.74, 6) is 0. The fraction of sp³-hybridized carbons (Fsp3) is 0.444. The van der Waals surface area contributed by atoms with Gasteiger partial charge in [-0.25, -0.2) is 0 Å². The second-order valence-electron chi connectivity index (χ2n) is 3.02. The number of rotatable bonds is 3. The number of hydrogen-bond donors (Lipinski definition) is 2. The molecule has 0 bridgehead atoms. The number of likely N-dealkylation sites (N-methyl/N-ethyl adjacent to an activating group) is 1. The van der Waals surface area contributed by atoms with E-state index < -0.39 is 5.60 Å². The summed E-state index contributed by atoms with van der Waals surface area (Å²) in [4.78, 5) is 4.08. The molecule has 0 fully saturated rings. The van der Waals surface area contributed by atoms with Gasteiger partial charge in [-0.1, -0.05) is 6.07 Å². The second-order valence-corrected chi connectivity index (χ2v) is 3.02. The molecule has 66 valence electrons. The third kappa shape index (κ3) is 2.03. The van der Waals surface area contributed by atoms with Crippen LogP contribution in [0.1, 0.15) is 12.6 Å². The van der Waals surface area contributed by atoms with E-state index in [1.54, 1.807) is 20.2 Å². The van der Waals surface area contributed by atoms with Crippen molar-refractivity contribution < 1.29 is 5.11 Å². The normalized spacial score (nSPS) is 15.6. The van der Waals surface area contributed by atoms with Crippen LogP contribution in [0.25, 0.3) is 0 Å². The molecule has 1 rings (SSSR count). The van der Waals surface area contributed by atoms with Crippen LogP contribution in [0.2, 0.25) is 0 Å². The largest absolute Gasteiger partial charge is 0.383 e.